The molecule has 0 aliphatic carbocycles. The lowest BCUT2D eigenvalue weighted by Crippen LogP contribution is -2.17. The van der Waals surface area contributed by atoms with Gasteiger partial charge >= 0.3 is 6.18 Å². The van der Waals surface area contributed by atoms with E-state index in [9.17, 15) is 18.0 Å². The first-order chi connectivity index (χ1) is 10.9. The molecule has 0 radical (unpaired) electrons. The average molecular weight is 318 g/mol. The van der Waals surface area contributed by atoms with Gasteiger partial charge in [-0.25, -0.2) is 0 Å². The van der Waals surface area contributed by atoms with E-state index in [0.717, 1.165) is 0 Å². The fourth-order valence-corrected chi connectivity index (χ4v) is 2.76. The van der Waals surface area contributed by atoms with Gasteiger partial charge in [0.15, 0.2) is 5.78 Å². The number of hydrogen-bond donors (Lipinski definition) is 0. The SMILES string of the molecule is Cc1c(-c2ccccn2)cc(CC(F)(F)F)c2c1N=CCC2=O. The molecule has 0 bridgehead atoms. The lowest BCUT2D eigenvalue weighted by molar-refractivity contribution is -0.127. The molecule has 1 aliphatic rings. The van der Waals surface area contributed by atoms with Crippen molar-refractivity contribution in [2.45, 2.75) is 25.9 Å². The Kier molecular flexibility index (Phi) is 3.75. The fourth-order valence-electron chi connectivity index (χ4n) is 2.76. The number of alkyl halides is 3. The molecule has 3 nitrogen and oxygen atoms in total. The van der Waals surface area contributed by atoms with Crippen molar-refractivity contribution in [1.82, 2.24) is 4.98 Å². The molecule has 2 heterocycles. The number of hydrogen-bond acceptors (Lipinski definition) is 3. The summed E-state index contributed by atoms with van der Waals surface area (Å²) in [7, 11) is 0. The Hall–Kier alpha value is -2.50. The highest BCUT2D eigenvalue weighted by molar-refractivity contribution is 6.12. The summed E-state index contributed by atoms with van der Waals surface area (Å²) in [6, 6.07) is 6.64. The number of fused-ring (bicyclic) bond motifs is 1. The standard InChI is InChI=1S/C17H13F3N2O/c1-10-12(13-4-2-3-6-21-13)8-11(9-17(18,19)20)15-14(23)5-7-22-16(10)15/h2-4,6-8H,5,9H2,1H3. The van der Waals surface area contributed by atoms with E-state index in [4.69, 9.17) is 0 Å². The van der Waals surface area contributed by atoms with Gasteiger partial charge in [-0.05, 0) is 36.2 Å². The normalized spacial score (nSPS) is 14.0. The van der Waals surface area contributed by atoms with E-state index in [1.165, 1.54) is 12.3 Å². The van der Waals surface area contributed by atoms with E-state index < -0.39 is 12.6 Å². The third-order valence-electron chi connectivity index (χ3n) is 3.74. The molecule has 3 rings (SSSR count). The van der Waals surface area contributed by atoms with E-state index in [2.05, 4.69) is 9.98 Å². The molecular weight excluding hydrogens is 305 g/mol. The maximum Gasteiger partial charge on any atom is 0.393 e. The summed E-state index contributed by atoms with van der Waals surface area (Å²) in [4.78, 5) is 20.5. The number of rotatable bonds is 2. The van der Waals surface area contributed by atoms with Crippen LogP contribution >= 0.6 is 0 Å². The van der Waals surface area contributed by atoms with Crippen LogP contribution in [0.25, 0.3) is 11.3 Å². The minimum absolute atomic E-state index is 0.0280. The van der Waals surface area contributed by atoms with E-state index in [-0.39, 0.29) is 23.3 Å². The van der Waals surface area contributed by atoms with Crippen LogP contribution in [0, 0.1) is 6.92 Å². The molecule has 0 unspecified atom stereocenters. The van der Waals surface area contributed by atoms with Gasteiger partial charge in [0.05, 0.1) is 17.8 Å². The van der Waals surface area contributed by atoms with Crippen molar-refractivity contribution in [3.05, 3.63) is 47.2 Å². The molecule has 23 heavy (non-hydrogen) atoms. The van der Waals surface area contributed by atoms with Crippen LogP contribution in [0.5, 0.6) is 0 Å². The number of halogens is 3. The van der Waals surface area contributed by atoms with Crippen molar-refractivity contribution in [2.75, 3.05) is 0 Å². The minimum atomic E-state index is -4.40. The second-order valence-corrected chi connectivity index (χ2v) is 5.38. The molecule has 1 aromatic heterocycles. The molecule has 0 N–H and O–H groups in total. The summed E-state index contributed by atoms with van der Waals surface area (Å²) in [6.07, 6.45) is -2.51. The number of pyridine rings is 1. The number of Topliss-reactive ketones (excluding diaryl/α,β-unsaturated/α-hetero) is 1. The van der Waals surface area contributed by atoms with Crippen LogP contribution in [0.4, 0.5) is 18.9 Å². The lowest BCUT2D eigenvalue weighted by atomic mass is 9.89. The molecule has 0 saturated heterocycles. The number of aromatic nitrogens is 1. The summed E-state index contributed by atoms with van der Waals surface area (Å²) in [6.45, 7) is 1.75. The quantitative estimate of drug-likeness (QED) is 0.821. The van der Waals surface area contributed by atoms with Gasteiger partial charge < -0.3 is 0 Å². The maximum absolute atomic E-state index is 12.9. The van der Waals surface area contributed by atoms with Gasteiger partial charge in [-0.3, -0.25) is 14.8 Å². The van der Waals surface area contributed by atoms with Crippen molar-refractivity contribution in [2.24, 2.45) is 4.99 Å². The highest BCUT2D eigenvalue weighted by Crippen LogP contribution is 2.39. The molecule has 0 fully saturated rings. The Morgan fingerprint density at radius 2 is 2.04 bits per heavy atom. The summed E-state index contributed by atoms with van der Waals surface area (Å²) in [5.41, 5.74) is 2.15. The van der Waals surface area contributed by atoms with Gasteiger partial charge in [-0.1, -0.05) is 6.07 Å². The second kappa shape index (κ2) is 5.61. The number of nitrogens with zero attached hydrogens (tertiary/aromatic N) is 2. The number of carbonyl (C=O) groups excluding carboxylic acids is 1. The predicted octanol–water partition coefficient (Wildman–Crippen LogP) is 4.45. The molecule has 2 aromatic rings. The van der Waals surface area contributed by atoms with Crippen molar-refractivity contribution >= 4 is 17.7 Å². The Morgan fingerprint density at radius 1 is 1.26 bits per heavy atom. The molecule has 0 atom stereocenters. The maximum atomic E-state index is 12.9. The minimum Gasteiger partial charge on any atom is -0.294 e. The van der Waals surface area contributed by atoms with Gasteiger partial charge in [0.1, 0.15) is 0 Å². The van der Waals surface area contributed by atoms with E-state index in [1.807, 2.05) is 0 Å². The highest BCUT2D eigenvalue weighted by Gasteiger charge is 2.32. The van der Waals surface area contributed by atoms with E-state index >= 15 is 0 Å². The van der Waals surface area contributed by atoms with Gasteiger partial charge in [-0.15, -0.1) is 0 Å². The van der Waals surface area contributed by atoms with Crippen LogP contribution in [0.2, 0.25) is 0 Å². The molecule has 118 valence electrons. The van der Waals surface area contributed by atoms with Gasteiger partial charge in [0.25, 0.3) is 0 Å². The Balaban J connectivity index is 2.26. The van der Waals surface area contributed by atoms with Crippen LogP contribution < -0.4 is 0 Å². The summed E-state index contributed by atoms with van der Waals surface area (Å²) < 4.78 is 38.7. The smallest absolute Gasteiger partial charge is 0.294 e. The van der Waals surface area contributed by atoms with Crippen LogP contribution in [-0.2, 0) is 6.42 Å². The topological polar surface area (TPSA) is 42.3 Å². The number of aliphatic imine (C=N–C) groups is 1. The van der Waals surface area contributed by atoms with Gasteiger partial charge in [0, 0.05) is 30.0 Å². The third kappa shape index (κ3) is 3.02. The average Bonchev–Trinajstić information content (AvgIpc) is 2.49. The van der Waals surface area contributed by atoms with Gasteiger partial charge in [-0.2, -0.15) is 13.2 Å². The highest BCUT2D eigenvalue weighted by atomic mass is 19.4. The Bertz CT molecular complexity index is 796. The molecule has 6 heteroatoms. The molecule has 1 aliphatic heterocycles. The molecule has 0 spiro atoms. The number of benzene rings is 1. The van der Waals surface area contributed by atoms with Crippen LogP contribution in [0.1, 0.15) is 27.9 Å². The van der Waals surface area contributed by atoms with E-state index in [0.29, 0.717) is 22.5 Å². The van der Waals surface area contributed by atoms with Crippen LogP contribution in [0.3, 0.4) is 0 Å². The first-order valence-electron chi connectivity index (χ1n) is 7.07. The monoisotopic (exact) mass is 318 g/mol. The summed E-state index contributed by atoms with van der Waals surface area (Å²) in [5.74, 6) is -0.329. The predicted molar refractivity (Wildman–Crippen MR) is 81.3 cm³/mol. The van der Waals surface area contributed by atoms with Gasteiger partial charge in [0.2, 0.25) is 0 Å². The third-order valence-corrected chi connectivity index (χ3v) is 3.74. The molecule has 1 aromatic carbocycles. The second-order valence-electron chi connectivity index (χ2n) is 5.38. The first kappa shape index (κ1) is 15.4. The zero-order valence-electron chi connectivity index (χ0n) is 12.3. The molecular formula is C17H13F3N2O. The fraction of sp³-hybridized carbons (Fsp3) is 0.235. The first-order valence-corrected chi connectivity index (χ1v) is 7.07. The number of carbonyl (C=O) groups is 1. The van der Waals surface area contributed by atoms with Crippen molar-refractivity contribution < 1.29 is 18.0 Å². The van der Waals surface area contributed by atoms with Crippen molar-refractivity contribution in [3.8, 4) is 11.3 Å². The molecule has 0 saturated carbocycles. The molecule has 0 amide bonds. The van der Waals surface area contributed by atoms with Crippen LogP contribution in [-0.4, -0.2) is 23.2 Å². The lowest BCUT2D eigenvalue weighted by Gasteiger charge is -2.20. The summed E-state index contributed by atoms with van der Waals surface area (Å²) >= 11 is 0. The Labute approximate surface area is 130 Å². The summed E-state index contributed by atoms with van der Waals surface area (Å²) in [5, 5.41) is 0. The van der Waals surface area contributed by atoms with E-state index in [1.54, 1.807) is 31.3 Å². The van der Waals surface area contributed by atoms with Crippen LogP contribution in [0.15, 0.2) is 35.5 Å². The number of ketones is 1. The Morgan fingerprint density at radius 3 is 2.70 bits per heavy atom. The zero-order chi connectivity index (χ0) is 16.6. The van der Waals surface area contributed by atoms with Crippen molar-refractivity contribution in [1.29, 1.82) is 0 Å². The van der Waals surface area contributed by atoms with Crippen molar-refractivity contribution in [3.63, 3.8) is 0 Å². The largest absolute Gasteiger partial charge is 0.393 e. The zero-order valence-corrected chi connectivity index (χ0v) is 12.3.